The second-order valence-corrected chi connectivity index (χ2v) is 6.48. The monoisotopic (exact) mass is 233 g/mol. The summed E-state index contributed by atoms with van der Waals surface area (Å²) in [5.41, 5.74) is 1.56. The Morgan fingerprint density at radius 1 is 1.24 bits per heavy atom. The van der Waals surface area contributed by atoms with Crippen LogP contribution in [0.4, 0.5) is 0 Å². The molecule has 17 heavy (non-hydrogen) atoms. The molecule has 1 aromatic carbocycles. The van der Waals surface area contributed by atoms with Crippen LogP contribution >= 0.6 is 0 Å². The van der Waals surface area contributed by atoms with Gasteiger partial charge in [-0.05, 0) is 45.5 Å². The van der Waals surface area contributed by atoms with Crippen LogP contribution in [0.1, 0.15) is 33.3 Å². The van der Waals surface area contributed by atoms with Crippen molar-refractivity contribution in [1.82, 2.24) is 4.90 Å². The maximum absolute atomic E-state index is 5.92. The van der Waals surface area contributed by atoms with Crippen LogP contribution in [0.5, 0.6) is 5.75 Å². The first-order valence-electron chi connectivity index (χ1n) is 6.27. The molecule has 0 unspecified atom stereocenters. The van der Waals surface area contributed by atoms with E-state index in [9.17, 15) is 0 Å². The fraction of sp³-hybridized carbons (Fsp3) is 0.600. The van der Waals surface area contributed by atoms with Crippen molar-refractivity contribution in [2.24, 2.45) is 0 Å². The maximum atomic E-state index is 5.92. The number of hydrogen-bond acceptors (Lipinski definition) is 2. The first-order valence-corrected chi connectivity index (χ1v) is 6.27. The van der Waals surface area contributed by atoms with Gasteiger partial charge in [0.05, 0.1) is 0 Å². The van der Waals surface area contributed by atoms with Crippen LogP contribution in [-0.2, 0) is 5.41 Å². The highest BCUT2D eigenvalue weighted by atomic mass is 16.5. The number of benzene rings is 1. The lowest BCUT2D eigenvalue weighted by Crippen LogP contribution is -2.55. The Kier molecular flexibility index (Phi) is 2.94. The maximum Gasteiger partial charge on any atom is 0.120 e. The molecule has 1 fully saturated rings. The molecule has 0 atom stereocenters. The molecule has 1 saturated heterocycles. The Morgan fingerprint density at radius 2 is 1.88 bits per heavy atom. The van der Waals surface area contributed by atoms with Crippen molar-refractivity contribution in [2.45, 2.75) is 38.7 Å². The molecule has 1 aliphatic rings. The summed E-state index contributed by atoms with van der Waals surface area (Å²) in [7, 11) is 2.16. The lowest BCUT2D eigenvalue weighted by Gasteiger charge is -2.46. The van der Waals surface area contributed by atoms with E-state index in [0.29, 0.717) is 5.41 Å². The van der Waals surface area contributed by atoms with E-state index in [1.807, 2.05) is 6.07 Å². The summed E-state index contributed by atoms with van der Waals surface area (Å²) < 4.78 is 5.92. The fourth-order valence-corrected chi connectivity index (χ4v) is 2.62. The minimum atomic E-state index is -0.129. The molecule has 94 valence electrons. The zero-order chi connectivity index (χ0) is 12.7. The van der Waals surface area contributed by atoms with E-state index in [4.69, 9.17) is 4.74 Å². The normalized spacial score (nSPS) is 19.8. The Hall–Kier alpha value is -1.02. The van der Waals surface area contributed by atoms with Crippen molar-refractivity contribution in [3.63, 3.8) is 0 Å². The van der Waals surface area contributed by atoms with Gasteiger partial charge in [0.2, 0.25) is 0 Å². The molecule has 0 aromatic heterocycles. The summed E-state index contributed by atoms with van der Waals surface area (Å²) in [6.07, 6.45) is 0. The summed E-state index contributed by atoms with van der Waals surface area (Å²) >= 11 is 0. The van der Waals surface area contributed by atoms with Gasteiger partial charge in [-0.15, -0.1) is 0 Å². The van der Waals surface area contributed by atoms with E-state index in [2.05, 4.69) is 57.8 Å². The molecule has 0 bridgehead atoms. The first kappa shape index (κ1) is 12.4. The van der Waals surface area contributed by atoms with Gasteiger partial charge in [0.25, 0.3) is 0 Å². The minimum absolute atomic E-state index is 0.129. The quantitative estimate of drug-likeness (QED) is 0.778. The molecular weight excluding hydrogens is 210 g/mol. The van der Waals surface area contributed by atoms with E-state index in [1.165, 1.54) is 5.56 Å². The largest absolute Gasteiger partial charge is 0.488 e. The fourth-order valence-electron chi connectivity index (χ4n) is 2.62. The molecule has 2 nitrogen and oxygen atoms in total. The third-order valence-electron chi connectivity index (χ3n) is 3.19. The topological polar surface area (TPSA) is 12.5 Å². The second kappa shape index (κ2) is 4.02. The number of nitrogens with zero attached hydrogens (tertiary/aromatic N) is 1. The van der Waals surface area contributed by atoms with Crippen LogP contribution in [0.25, 0.3) is 0 Å². The third-order valence-corrected chi connectivity index (χ3v) is 3.19. The Labute approximate surface area is 105 Å². The van der Waals surface area contributed by atoms with Gasteiger partial charge in [0.15, 0.2) is 0 Å². The standard InChI is InChI=1S/C15H23NO/c1-14(2,3)17-13-8-6-7-12(9-13)15(4)10-16(5)11-15/h6-9H,10-11H2,1-5H3. The zero-order valence-electron chi connectivity index (χ0n) is 11.6. The van der Waals surface area contributed by atoms with Gasteiger partial charge in [0, 0.05) is 18.5 Å². The SMILES string of the molecule is CN1CC(C)(c2cccc(OC(C)(C)C)c2)C1. The predicted octanol–water partition coefficient (Wildman–Crippen LogP) is 3.07. The number of hydrogen-bond donors (Lipinski definition) is 0. The number of rotatable bonds is 2. The highest BCUT2D eigenvalue weighted by Crippen LogP contribution is 2.34. The van der Waals surface area contributed by atoms with Crippen molar-refractivity contribution in [1.29, 1.82) is 0 Å². The van der Waals surface area contributed by atoms with Gasteiger partial charge >= 0.3 is 0 Å². The van der Waals surface area contributed by atoms with Gasteiger partial charge < -0.3 is 9.64 Å². The van der Waals surface area contributed by atoms with Crippen molar-refractivity contribution in [3.05, 3.63) is 29.8 Å². The zero-order valence-corrected chi connectivity index (χ0v) is 11.6. The van der Waals surface area contributed by atoms with Gasteiger partial charge in [-0.2, -0.15) is 0 Å². The second-order valence-electron chi connectivity index (χ2n) is 6.48. The molecule has 2 heteroatoms. The Bertz CT molecular complexity index is 400. The molecule has 0 radical (unpaired) electrons. The molecule has 0 saturated carbocycles. The van der Waals surface area contributed by atoms with Crippen molar-refractivity contribution in [2.75, 3.05) is 20.1 Å². The molecule has 1 heterocycles. The molecule has 1 aliphatic heterocycles. The predicted molar refractivity (Wildman–Crippen MR) is 71.7 cm³/mol. The number of likely N-dealkylation sites (tertiary alicyclic amines) is 1. The number of ether oxygens (including phenoxy) is 1. The lowest BCUT2D eigenvalue weighted by atomic mass is 9.76. The smallest absolute Gasteiger partial charge is 0.120 e. The summed E-state index contributed by atoms with van der Waals surface area (Å²) in [6, 6.07) is 8.54. The molecule has 2 rings (SSSR count). The molecule has 0 N–H and O–H groups in total. The van der Waals surface area contributed by atoms with Crippen molar-refractivity contribution >= 4 is 0 Å². The van der Waals surface area contributed by atoms with Crippen LogP contribution in [-0.4, -0.2) is 30.6 Å². The van der Waals surface area contributed by atoms with Crippen LogP contribution in [0.2, 0.25) is 0 Å². The average molecular weight is 233 g/mol. The lowest BCUT2D eigenvalue weighted by molar-refractivity contribution is 0.107. The van der Waals surface area contributed by atoms with Crippen LogP contribution in [0.3, 0.4) is 0 Å². The summed E-state index contributed by atoms with van der Waals surface area (Å²) in [5.74, 6) is 0.978. The summed E-state index contributed by atoms with van der Waals surface area (Å²) in [4.78, 5) is 2.34. The van der Waals surface area contributed by atoms with Crippen LogP contribution in [0, 0.1) is 0 Å². The van der Waals surface area contributed by atoms with Crippen molar-refractivity contribution in [3.8, 4) is 5.75 Å². The summed E-state index contributed by atoms with van der Waals surface area (Å²) in [6.45, 7) is 10.8. The van der Waals surface area contributed by atoms with E-state index in [-0.39, 0.29) is 5.60 Å². The first-order chi connectivity index (χ1) is 7.78. The molecular formula is C15H23NO. The highest BCUT2D eigenvalue weighted by molar-refractivity contribution is 5.36. The van der Waals surface area contributed by atoms with Gasteiger partial charge in [0.1, 0.15) is 11.4 Å². The Morgan fingerprint density at radius 3 is 2.41 bits per heavy atom. The van der Waals surface area contributed by atoms with E-state index < -0.39 is 0 Å². The van der Waals surface area contributed by atoms with Crippen molar-refractivity contribution < 1.29 is 4.74 Å². The number of likely N-dealkylation sites (N-methyl/N-ethyl adjacent to an activating group) is 1. The van der Waals surface area contributed by atoms with Crippen LogP contribution < -0.4 is 4.74 Å². The minimum Gasteiger partial charge on any atom is -0.488 e. The molecule has 0 aliphatic carbocycles. The Balaban J connectivity index is 2.18. The third kappa shape index (κ3) is 2.81. The van der Waals surface area contributed by atoms with E-state index in [0.717, 1.165) is 18.8 Å². The van der Waals surface area contributed by atoms with E-state index in [1.54, 1.807) is 0 Å². The van der Waals surface area contributed by atoms with Gasteiger partial charge in [-0.1, -0.05) is 19.1 Å². The van der Waals surface area contributed by atoms with E-state index >= 15 is 0 Å². The summed E-state index contributed by atoms with van der Waals surface area (Å²) in [5, 5.41) is 0. The molecule has 0 spiro atoms. The molecule has 0 amide bonds. The highest BCUT2D eigenvalue weighted by Gasteiger charge is 2.38. The molecule has 1 aromatic rings. The van der Waals surface area contributed by atoms with Gasteiger partial charge in [-0.25, -0.2) is 0 Å². The van der Waals surface area contributed by atoms with Crippen LogP contribution in [0.15, 0.2) is 24.3 Å². The average Bonchev–Trinajstić information content (AvgIpc) is 2.13. The van der Waals surface area contributed by atoms with Gasteiger partial charge in [-0.3, -0.25) is 0 Å².